The quantitative estimate of drug-likeness (QED) is 0.834. The van der Waals surface area contributed by atoms with Gasteiger partial charge in [-0.25, -0.2) is 9.59 Å². The highest BCUT2D eigenvalue weighted by atomic mass is 19.4. The molecule has 1 rings (SSSR count). The first-order valence-electron chi connectivity index (χ1n) is 7.19. The summed E-state index contributed by atoms with van der Waals surface area (Å²) >= 11 is 0. The van der Waals surface area contributed by atoms with Gasteiger partial charge >= 0.3 is 18.2 Å². The summed E-state index contributed by atoms with van der Waals surface area (Å²) in [4.78, 5) is 23.0. The SMILES string of the molecule is CC(C)(C)OC(=O)NC(C(=O)O)C1CCCC(C(F)(F)F)C1. The van der Waals surface area contributed by atoms with E-state index in [2.05, 4.69) is 5.32 Å². The maximum absolute atomic E-state index is 12.8. The first-order chi connectivity index (χ1) is 9.90. The first-order valence-corrected chi connectivity index (χ1v) is 7.19. The van der Waals surface area contributed by atoms with E-state index in [9.17, 15) is 27.9 Å². The lowest BCUT2D eigenvalue weighted by molar-refractivity contribution is -0.187. The third-order valence-electron chi connectivity index (χ3n) is 3.59. The van der Waals surface area contributed by atoms with Crippen LogP contribution in [0.15, 0.2) is 0 Å². The molecule has 2 N–H and O–H groups in total. The van der Waals surface area contributed by atoms with Crippen molar-refractivity contribution in [2.45, 2.75) is 64.3 Å². The third kappa shape index (κ3) is 5.73. The molecule has 3 unspecified atom stereocenters. The van der Waals surface area contributed by atoms with Crippen LogP contribution < -0.4 is 5.32 Å². The number of carboxylic acids is 1. The molecule has 0 bridgehead atoms. The number of alkyl halides is 3. The van der Waals surface area contributed by atoms with Gasteiger partial charge in [0.2, 0.25) is 0 Å². The molecule has 1 aliphatic rings. The van der Waals surface area contributed by atoms with E-state index in [4.69, 9.17) is 4.74 Å². The zero-order valence-electron chi connectivity index (χ0n) is 12.9. The number of aliphatic carboxylic acids is 1. The van der Waals surface area contributed by atoms with Crippen molar-refractivity contribution < 1.29 is 32.6 Å². The van der Waals surface area contributed by atoms with Crippen LogP contribution in [0.25, 0.3) is 0 Å². The molecule has 3 atom stereocenters. The van der Waals surface area contributed by atoms with Gasteiger partial charge in [-0.05, 0) is 46.0 Å². The van der Waals surface area contributed by atoms with E-state index in [-0.39, 0.29) is 19.3 Å². The van der Waals surface area contributed by atoms with Gasteiger partial charge in [-0.3, -0.25) is 0 Å². The molecule has 1 saturated carbocycles. The van der Waals surface area contributed by atoms with Gasteiger partial charge in [0.1, 0.15) is 11.6 Å². The van der Waals surface area contributed by atoms with E-state index in [1.54, 1.807) is 20.8 Å². The Labute approximate surface area is 127 Å². The van der Waals surface area contributed by atoms with E-state index < -0.39 is 41.7 Å². The Morgan fingerprint density at radius 3 is 2.27 bits per heavy atom. The van der Waals surface area contributed by atoms with E-state index in [1.807, 2.05) is 0 Å². The van der Waals surface area contributed by atoms with Crippen molar-refractivity contribution in [3.8, 4) is 0 Å². The number of hydrogen-bond donors (Lipinski definition) is 2. The molecular weight excluding hydrogens is 303 g/mol. The predicted octanol–water partition coefficient (Wildman–Crippen LogP) is 3.33. The number of ether oxygens (including phenoxy) is 1. The van der Waals surface area contributed by atoms with E-state index in [1.165, 1.54) is 0 Å². The van der Waals surface area contributed by atoms with Crippen LogP contribution in [0.1, 0.15) is 46.5 Å². The smallest absolute Gasteiger partial charge is 0.408 e. The van der Waals surface area contributed by atoms with E-state index in [0.717, 1.165) is 0 Å². The molecule has 1 amide bonds. The topological polar surface area (TPSA) is 75.6 Å². The maximum Gasteiger partial charge on any atom is 0.408 e. The number of carbonyl (C=O) groups excluding carboxylic acids is 1. The highest BCUT2D eigenvalue weighted by Gasteiger charge is 2.45. The normalized spacial score (nSPS) is 24.5. The summed E-state index contributed by atoms with van der Waals surface area (Å²) in [7, 11) is 0. The lowest BCUT2D eigenvalue weighted by Gasteiger charge is -2.34. The molecule has 0 aromatic carbocycles. The van der Waals surface area contributed by atoms with E-state index in [0.29, 0.717) is 6.42 Å². The number of carboxylic acid groups (broad SMARTS) is 1. The van der Waals surface area contributed by atoms with Crippen LogP contribution in [0.5, 0.6) is 0 Å². The summed E-state index contributed by atoms with van der Waals surface area (Å²) in [6.45, 7) is 4.84. The second kappa shape index (κ2) is 6.75. The van der Waals surface area contributed by atoms with Crippen molar-refractivity contribution in [2.75, 3.05) is 0 Å². The first kappa shape index (κ1) is 18.6. The Hall–Kier alpha value is -1.47. The Morgan fingerprint density at radius 1 is 1.23 bits per heavy atom. The number of carbonyl (C=O) groups is 2. The molecule has 0 heterocycles. The average molecular weight is 325 g/mol. The Kier molecular flexibility index (Phi) is 5.70. The molecule has 128 valence electrons. The largest absolute Gasteiger partial charge is 0.480 e. The molecule has 22 heavy (non-hydrogen) atoms. The molecule has 0 radical (unpaired) electrons. The van der Waals surface area contributed by atoms with Crippen molar-refractivity contribution >= 4 is 12.1 Å². The summed E-state index contributed by atoms with van der Waals surface area (Å²) in [5, 5.41) is 11.4. The minimum Gasteiger partial charge on any atom is -0.480 e. The van der Waals surface area contributed by atoms with Gasteiger partial charge in [-0.15, -0.1) is 0 Å². The molecule has 0 saturated heterocycles. The summed E-state index contributed by atoms with van der Waals surface area (Å²) < 4.78 is 43.4. The number of alkyl carbamates (subject to hydrolysis) is 1. The zero-order chi connectivity index (χ0) is 17.1. The minimum absolute atomic E-state index is 0.00121. The number of hydrogen-bond acceptors (Lipinski definition) is 3. The summed E-state index contributed by atoms with van der Waals surface area (Å²) in [6, 6.07) is -1.38. The second-order valence-corrected chi connectivity index (χ2v) is 6.63. The fourth-order valence-electron chi connectivity index (χ4n) is 2.64. The van der Waals surface area contributed by atoms with Gasteiger partial charge in [-0.1, -0.05) is 6.42 Å². The van der Waals surface area contributed by atoms with Crippen LogP contribution >= 0.6 is 0 Å². The average Bonchev–Trinajstić information content (AvgIpc) is 2.32. The van der Waals surface area contributed by atoms with Crippen molar-refractivity contribution in [1.82, 2.24) is 5.32 Å². The number of amides is 1. The number of rotatable bonds is 3. The van der Waals surface area contributed by atoms with Crippen molar-refractivity contribution in [2.24, 2.45) is 11.8 Å². The lowest BCUT2D eigenvalue weighted by Crippen LogP contribution is -2.49. The monoisotopic (exact) mass is 325 g/mol. The Bertz CT molecular complexity index is 417. The van der Waals surface area contributed by atoms with Crippen LogP contribution in [0.2, 0.25) is 0 Å². The molecule has 1 fully saturated rings. The summed E-state index contributed by atoms with van der Waals surface area (Å²) in [5.41, 5.74) is -0.811. The van der Waals surface area contributed by atoms with Gasteiger partial charge < -0.3 is 15.2 Å². The fourth-order valence-corrected chi connectivity index (χ4v) is 2.64. The molecule has 5 nitrogen and oxygen atoms in total. The lowest BCUT2D eigenvalue weighted by atomic mass is 9.77. The molecule has 0 aliphatic heterocycles. The summed E-state index contributed by atoms with van der Waals surface area (Å²) in [6.07, 6.45) is -4.95. The zero-order valence-corrected chi connectivity index (χ0v) is 12.9. The van der Waals surface area contributed by atoms with Crippen LogP contribution in [-0.2, 0) is 9.53 Å². The highest BCUT2D eigenvalue weighted by Crippen LogP contribution is 2.41. The van der Waals surface area contributed by atoms with Crippen LogP contribution in [-0.4, -0.2) is 35.0 Å². The molecular formula is C14H22F3NO4. The van der Waals surface area contributed by atoms with Crippen LogP contribution in [0, 0.1) is 11.8 Å². The van der Waals surface area contributed by atoms with Crippen molar-refractivity contribution in [1.29, 1.82) is 0 Å². The van der Waals surface area contributed by atoms with Gasteiger partial charge in [-0.2, -0.15) is 13.2 Å². The second-order valence-electron chi connectivity index (χ2n) is 6.63. The molecule has 1 aliphatic carbocycles. The van der Waals surface area contributed by atoms with Gasteiger partial charge in [0.25, 0.3) is 0 Å². The molecule has 0 aromatic rings. The van der Waals surface area contributed by atoms with Gasteiger partial charge in [0, 0.05) is 0 Å². The minimum atomic E-state index is -4.34. The summed E-state index contributed by atoms with van der Waals surface area (Å²) in [5.74, 6) is -3.63. The number of halogens is 3. The van der Waals surface area contributed by atoms with Crippen LogP contribution in [0.4, 0.5) is 18.0 Å². The molecule has 8 heteroatoms. The Morgan fingerprint density at radius 2 is 1.82 bits per heavy atom. The maximum atomic E-state index is 12.8. The molecule has 0 spiro atoms. The molecule has 0 aromatic heterocycles. The third-order valence-corrected chi connectivity index (χ3v) is 3.59. The highest BCUT2D eigenvalue weighted by molar-refractivity contribution is 5.80. The van der Waals surface area contributed by atoms with Gasteiger partial charge in [0.15, 0.2) is 0 Å². The fraction of sp³-hybridized carbons (Fsp3) is 0.857. The van der Waals surface area contributed by atoms with E-state index >= 15 is 0 Å². The van der Waals surface area contributed by atoms with Gasteiger partial charge in [0.05, 0.1) is 5.92 Å². The van der Waals surface area contributed by atoms with Crippen molar-refractivity contribution in [3.63, 3.8) is 0 Å². The van der Waals surface area contributed by atoms with Crippen molar-refractivity contribution in [3.05, 3.63) is 0 Å². The standard InChI is InChI=1S/C14H22F3NO4/c1-13(2,3)22-12(21)18-10(11(19)20)8-5-4-6-9(7-8)14(15,16)17/h8-10H,4-7H2,1-3H3,(H,18,21)(H,19,20). The van der Waals surface area contributed by atoms with Crippen LogP contribution in [0.3, 0.4) is 0 Å². The Balaban J connectivity index is 2.74. The number of nitrogens with one attached hydrogen (secondary N) is 1. The predicted molar refractivity (Wildman–Crippen MR) is 72.3 cm³/mol.